The highest BCUT2D eigenvalue weighted by molar-refractivity contribution is 5.83. The lowest BCUT2D eigenvalue weighted by atomic mass is 10.2. The van der Waals surface area contributed by atoms with Gasteiger partial charge < -0.3 is 14.3 Å². The molecule has 2 rings (SSSR count). The third-order valence-electron chi connectivity index (χ3n) is 3.08. The molecule has 0 aliphatic carbocycles. The number of benzene rings is 2. The van der Waals surface area contributed by atoms with Gasteiger partial charge in [0.15, 0.2) is 0 Å². The highest BCUT2D eigenvalue weighted by Gasteiger charge is 2.04. The molecule has 0 unspecified atom stereocenters. The molecule has 0 bridgehead atoms. The van der Waals surface area contributed by atoms with Crippen molar-refractivity contribution in [2.75, 3.05) is 14.2 Å². The Kier molecular flexibility index (Phi) is 5.51. The second-order valence-electron chi connectivity index (χ2n) is 4.54. The van der Waals surface area contributed by atoms with Crippen molar-refractivity contribution < 1.29 is 19.2 Å². The number of nitro benzene ring substituents is 1. The molecule has 0 saturated heterocycles. The smallest absolute Gasteiger partial charge is 0.269 e. The van der Waals surface area contributed by atoms with Crippen molar-refractivity contribution in [3.63, 3.8) is 0 Å². The maximum atomic E-state index is 10.6. The molecule has 2 aromatic rings. The third kappa shape index (κ3) is 4.44. The fraction of sp³-hybridized carbons (Fsp3) is 0.188. The van der Waals surface area contributed by atoms with Crippen molar-refractivity contribution in [3.8, 4) is 11.5 Å². The van der Waals surface area contributed by atoms with Crippen molar-refractivity contribution >= 4 is 11.9 Å². The molecule has 7 nitrogen and oxygen atoms in total. The fourth-order valence-electron chi connectivity index (χ4n) is 1.86. The summed E-state index contributed by atoms with van der Waals surface area (Å²) in [5, 5.41) is 14.5. The van der Waals surface area contributed by atoms with E-state index in [0.717, 1.165) is 11.1 Å². The van der Waals surface area contributed by atoms with E-state index in [9.17, 15) is 10.1 Å². The maximum absolute atomic E-state index is 10.6. The summed E-state index contributed by atoms with van der Waals surface area (Å²) in [6, 6.07) is 11.4. The van der Waals surface area contributed by atoms with E-state index < -0.39 is 4.92 Å². The molecule has 2 aromatic carbocycles. The lowest BCUT2D eigenvalue weighted by Crippen LogP contribution is -1.94. The minimum absolute atomic E-state index is 0.0402. The molecule has 7 heteroatoms. The van der Waals surface area contributed by atoms with Gasteiger partial charge in [0.1, 0.15) is 18.1 Å². The topological polar surface area (TPSA) is 83.2 Å². The van der Waals surface area contributed by atoms with E-state index in [1.165, 1.54) is 18.3 Å². The van der Waals surface area contributed by atoms with Crippen LogP contribution in [0.15, 0.2) is 47.6 Å². The Labute approximate surface area is 133 Å². The Balaban J connectivity index is 1.97. The van der Waals surface area contributed by atoms with Crippen molar-refractivity contribution in [3.05, 3.63) is 63.7 Å². The van der Waals surface area contributed by atoms with E-state index in [-0.39, 0.29) is 12.3 Å². The minimum Gasteiger partial charge on any atom is -0.497 e. The molecule has 0 N–H and O–H groups in total. The van der Waals surface area contributed by atoms with E-state index in [1.54, 1.807) is 44.6 Å². The zero-order valence-corrected chi connectivity index (χ0v) is 12.8. The zero-order chi connectivity index (χ0) is 16.7. The van der Waals surface area contributed by atoms with E-state index in [0.29, 0.717) is 11.5 Å². The SMILES string of the molecule is COc1ccc(OC)c(/C=N\OCc2ccc([N+](=O)[O-])cc2)c1. The van der Waals surface area contributed by atoms with E-state index in [2.05, 4.69) is 5.16 Å². The average Bonchev–Trinajstić information content (AvgIpc) is 2.58. The molecule has 0 heterocycles. The first-order valence-electron chi connectivity index (χ1n) is 6.74. The highest BCUT2D eigenvalue weighted by Crippen LogP contribution is 2.22. The van der Waals surface area contributed by atoms with Gasteiger partial charge in [0, 0.05) is 17.7 Å². The summed E-state index contributed by atoms with van der Waals surface area (Å²) in [6.07, 6.45) is 1.52. The van der Waals surface area contributed by atoms with Crippen molar-refractivity contribution in [1.82, 2.24) is 0 Å². The Bertz CT molecular complexity index is 698. The normalized spacial score (nSPS) is 10.5. The molecule has 0 radical (unpaired) electrons. The predicted octanol–water partition coefficient (Wildman–Crippen LogP) is 3.16. The first kappa shape index (κ1) is 16.3. The molecular weight excluding hydrogens is 300 g/mol. The summed E-state index contributed by atoms with van der Waals surface area (Å²) in [7, 11) is 3.14. The average molecular weight is 316 g/mol. The van der Waals surface area contributed by atoms with Gasteiger partial charge in [-0.3, -0.25) is 10.1 Å². The number of oxime groups is 1. The summed E-state index contributed by atoms with van der Waals surface area (Å²) < 4.78 is 10.4. The second kappa shape index (κ2) is 7.79. The molecule has 0 aliphatic heterocycles. The molecule has 0 spiro atoms. The minimum atomic E-state index is -0.447. The number of ether oxygens (including phenoxy) is 2. The number of nitro groups is 1. The van der Waals surface area contributed by atoms with Gasteiger partial charge in [-0.2, -0.15) is 0 Å². The Morgan fingerprint density at radius 2 is 1.87 bits per heavy atom. The summed E-state index contributed by atoms with van der Waals surface area (Å²) in [5.74, 6) is 1.33. The number of nitrogens with zero attached hydrogens (tertiary/aromatic N) is 2. The fourth-order valence-corrected chi connectivity index (χ4v) is 1.86. The Hall–Kier alpha value is -3.09. The van der Waals surface area contributed by atoms with Crippen LogP contribution in [0.3, 0.4) is 0 Å². The van der Waals surface area contributed by atoms with Crippen LogP contribution in [0.5, 0.6) is 11.5 Å². The van der Waals surface area contributed by atoms with Gasteiger partial charge >= 0.3 is 0 Å². The van der Waals surface area contributed by atoms with Crippen LogP contribution < -0.4 is 9.47 Å². The largest absolute Gasteiger partial charge is 0.497 e. The van der Waals surface area contributed by atoms with Gasteiger partial charge in [-0.25, -0.2) is 0 Å². The van der Waals surface area contributed by atoms with Gasteiger partial charge in [-0.1, -0.05) is 5.16 Å². The molecule has 120 valence electrons. The summed E-state index contributed by atoms with van der Waals surface area (Å²) >= 11 is 0. The Morgan fingerprint density at radius 1 is 1.13 bits per heavy atom. The van der Waals surface area contributed by atoms with E-state index in [1.807, 2.05) is 0 Å². The van der Waals surface area contributed by atoms with Crippen LogP contribution in [0.1, 0.15) is 11.1 Å². The molecular formula is C16H16N2O5. The quantitative estimate of drug-likeness (QED) is 0.445. The molecule has 0 aromatic heterocycles. The standard InChI is InChI=1S/C16H16N2O5/c1-21-15-7-8-16(22-2)13(9-15)10-17-23-11-12-3-5-14(6-4-12)18(19)20/h3-10H,11H2,1-2H3/b17-10-. The van der Waals surface area contributed by atoms with Crippen molar-refractivity contribution in [1.29, 1.82) is 0 Å². The van der Waals surface area contributed by atoms with Gasteiger partial charge in [0.05, 0.1) is 25.4 Å². The molecule has 0 amide bonds. The predicted molar refractivity (Wildman–Crippen MR) is 85.0 cm³/mol. The maximum Gasteiger partial charge on any atom is 0.269 e. The van der Waals surface area contributed by atoms with Gasteiger partial charge in [0.2, 0.25) is 0 Å². The molecule has 0 atom stereocenters. The van der Waals surface area contributed by atoms with Crippen molar-refractivity contribution in [2.24, 2.45) is 5.16 Å². The molecule has 0 aliphatic rings. The number of hydrogen-bond acceptors (Lipinski definition) is 6. The lowest BCUT2D eigenvalue weighted by Gasteiger charge is -2.06. The molecule has 23 heavy (non-hydrogen) atoms. The van der Waals surface area contributed by atoms with Crippen LogP contribution in [0.4, 0.5) is 5.69 Å². The first-order valence-corrected chi connectivity index (χ1v) is 6.74. The monoisotopic (exact) mass is 316 g/mol. The van der Waals surface area contributed by atoms with Crippen LogP contribution in [-0.4, -0.2) is 25.4 Å². The van der Waals surface area contributed by atoms with E-state index >= 15 is 0 Å². The van der Waals surface area contributed by atoms with Crippen molar-refractivity contribution in [2.45, 2.75) is 6.61 Å². The van der Waals surface area contributed by atoms with Crippen LogP contribution >= 0.6 is 0 Å². The lowest BCUT2D eigenvalue weighted by molar-refractivity contribution is -0.384. The van der Waals surface area contributed by atoms with Crippen LogP contribution in [0.25, 0.3) is 0 Å². The third-order valence-corrected chi connectivity index (χ3v) is 3.08. The van der Waals surface area contributed by atoms with Gasteiger partial charge in [-0.05, 0) is 35.9 Å². The van der Waals surface area contributed by atoms with Gasteiger partial charge in [-0.15, -0.1) is 0 Å². The van der Waals surface area contributed by atoms with Crippen LogP contribution in [0.2, 0.25) is 0 Å². The van der Waals surface area contributed by atoms with Gasteiger partial charge in [0.25, 0.3) is 5.69 Å². The zero-order valence-electron chi connectivity index (χ0n) is 12.8. The first-order chi connectivity index (χ1) is 11.1. The number of methoxy groups -OCH3 is 2. The highest BCUT2D eigenvalue weighted by atomic mass is 16.6. The Morgan fingerprint density at radius 3 is 2.48 bits per heavy atom. The summed E-state index contributed by atoms with van der Waals surface area (Å²) in [6.45, 7) is 0.209. The summed E-state index contributed by atoms with van der Waals surface area (Å²) in [4.78, 5) is 15.3. The van der Waals surface area contributed by atoms with E-state index in [4.69, 9.17) is 14.3 Å². The molecule has 0 fully saturated rings. The number of non-ortho nitro benzene ring substituents is 1. The molecule has 0 saturated carbocycles. The summed E-state index contributed by atoms with van der Waals surface area (Å²) in [5.41, 5.74) is 1.54. The second-order valence-corrected chi connectivity index (χ2v) is 4.54. The van der Waals surface area contributed by atoms with Crippen LogP contribution in [-0.2, 0) is 11.4 Å². The number of hydrogen-bond donors (Lipinski definition) is 0. The van der Waals surface area contributed by atoms with Crippen LogP contribution in [0, 0.1) is 10.1 Å². The number of rotatable bonds is 7.